The summed E-state index contributed by atoms with van der Waals surface area (Å²) in [5, 5.41) is -21.0. The number of sulfonamides is 2. The number of sulfone groups is 1. The number of benzene rings is 1. The van der Waals surface area contributed by atoms with E-state index >= 15 is 26.3 Å². The van der Waals surface area contributed by atoms with Crippen LogP contribution in [0.2, 0.25) is 0 Å². The lowest BCUT2D eigenvalue weighted by Gasteiger charge is -2.36. The molecular formula is C30H39F10NO6S3. The zero-order chi connectivity index (χ0) is 37.8. The largest absolute Gasteiger partial charge is 0.429 e. The fraction of sp³-hybridized carbons (Fsp3) is 0.800. The highest BCUT2D eigenvalue weighted by Crippen LogP contribution is 2.55. The van der Waals surface area contributed by atoms with Gasteiger partial charge in [0.2, 0.25) is 0 Å². The lowest BCUT2D eigenvalue weighted by atomic mass is 9.76. The van der Waals surface area contributed by atoms with Crippen molar-refractivity contribution in [2.24, 2.45) is 0 Å². The van der Waals surface area contributed by atoms with E-state index in [-0.39, 0.29) is 42.7 Å². The van der Waals surface area contributed by atoms with Crippen LogP contribution in [0.15, 0.2) is 17.0 Å². The first kappa shape index (κ1) is 41.1. The molecule has 0 aliphatic heterocycles. The maximum atomic E-state index is 16.0. The van der Waals surface area contributed by atoms with Crippen molar-refractivity contribution in [1.29, 1.82) is 0 Å². The quantitative estimate of drug-likeness (QED) is 0.212. The highest BCUT2D eigenvalue weighted by atomic mass is 32.3. The van der Waals surface area contributed by atoms with Gasteiger partial charge in [0, 0.05) is 6.92 Å². The first-order valence-electron chi connectivity index (χ1n) is 16.3. The Balaban J connectivity index is 1.92. The SMILES string of the molecule is CC(F)(F)C(F)(F)S(=O)(=O)NS(=O)(=O)C(F)(F)C(F)(F)C(F)(F)S(=O)(=O)c1c(C2CCCCC2)cc(C2CCCCC2)cc1C1CCCCC1. The van der Waals surface area contributed by atoms with Crippen molar-refractivity contribution in [3.8, 4) is 0 Å². The topological polar surface area (TPSA) is 114 Å². The Labute approximate surface area is 285 Å². The van der Waals surface area contributed by atoms with E-state index < -0.39 is 85.3 Å². The molecule has 0 bridgehead atoms. The number of halogens is 10. The predicted octanol–water partition coefficient (Wildman–Crippen LogP) is 8.92. The van der Waals surface area contributed by atoms with Gasteiger partial charge < -0.3 is 0 Å². The van der Waals surface area contributed by atoms with Crippen molar-refractivity contribution < 1.29 is 69.2 Å². The molecule has 0 heterocycles. The second kappa shape index (κ2) is 14.0. The fourth-order valence-electron chi connectivity index (χ4n) is 7.23. The minimum atomic E-state index is -8.01. The highest BCUT2D eigenvalue weighted by molar-refractivity contribution is 8.05. The van der Waals surface area contributed by atoms with Crippen LogP contribution in [-0.4, -0.2) is 52.9 Å². The Morgan fingerprint density at radius 2 is 0.860 bits per heavy atom. The average molecular weight is 796 g/mol. The Kier molecular flexibility index (Phi) is 11.5. The van der Waals surface area contributed by atoms with E-state index in [1.54, 1.807) is 0 Å². The van der Waals surface area contributed by atoms with Gasteiger partial charge in [-0.3, -0.25) is 0 Å². The molecule has 0 saturated heterocycles. The standard InChI is InChI=1S/C30H39F10NO6S3/c1-26(31,32)28(35,36)49(44,45)41-50(46,47)30(39,40)27(33,34)29(37,38)48(42,43)25-23(20-13-7-3-8-14-20)17-22(19-11-5-2-6-12-19)18-24(25)21-15-9-4-10-16-21/h17-21,41H,2-16H2,1H3. The summed E-state index contributed by atoms with van der Waals surface area (Å²) in [4.78, 5) is -1.34. The molecule has 3 aliphatic rings. The molecule has 288 valence electrons. The third-order valence-corrected chi connectivity index (χ3v) is 15.7. The van der Waals surface area contributed by atoms with Gasteiger partial charge in [-0.25, -0.2) is 25.3 Å². The van der Waals surface area contributed by atoms with E-state index in [9.17, 15) is 42.8 Å². The minimum Gasteiger partial charge on any atom is -0.217 e. The zero-order valence-corrected chi connectivity index (χ0v) is 29.4. The van der Waals surface area contributed by atoms with Crippen LogP contribution in [0.25, 0.3) is 0 Å². The number of alkyl halides is 10. The first-order chi connectivity index (χ1) is 22.7. The summed E-state index contributed by atoms with van der Waals surface area (Å²) >= 11 is 0. The fourth-order valence-corrected chi connectivity index (χ4v) is 12.0. The molecule has 0 unspecified atom stereocenters. The Hall–Kier alpha value is -1.67. The van der Waals surface area contributed by atoms with Crippen molar-refractivity contribution in [3.05, 3.63) is 28.8 Å². The highest BCUT2D eigenvalue weighted by Gasteiger charge is 2.83. The second-order valence-electron chi connectivity index (χ2n) is 13.6. The summed E-state index contributed by atoms with van der Waals surface area (Å²) in [6.45, 7) is -0.778. The van der Waals surface area contributed by atoms with Gasteiger partial charge in [-0.05, 0) is 73.0 Å². The second-order valence-corrected chi connectivity index (χ2v) is 19.3. The van der Waals surface area contributed by atoms with Crippen LogP contribution < -0.4 is 4.13 Å². The maximum Gasteiger partial charge on any atom is 0.429 e. The molecule has 1 aromatic rings. The molecule has 0 radical (unpaired) electrons. The van der Waals surface area contributed by atoms with Gasteiger partial charge in [0.05, 0.1) is 4.90 Å². The van der Waals surface area contributed by atoms with Crippen molar-refractivity contribution in [3.63, 3.8) is 0 Å². The summed E-state index contributed by atoms with van der Waals surface area (Å²) in [5.74, 6) is -14.9. The molecule has 0 amide bonds. The molecule has 3 saturated carbocycles. The van der Waals surface area contributed by atoms with Gasteiger partial charge in [0.25, 0.3) is 29.9 Å². The molecule has 4 rings (SSSR count). The molecule has 1 N–H and O–H groups in total. The van der Waals surface area contributed by atoms with Crippen molar-refractivity contribution in [2.45, 2.75) is 153 Å². The average Bonchev–Trinajstić information content (AvgIpc) is 3.04. The summed E-state index contributed by atoms with van der Waals surface area (Å²) in [6.07, 6.45) is 8.21. The van der Waals surface area contributed by atoms with Crippen molar-refractivity contribution in [1.82, 2.24) is 4.13 Å². The van der Waals surface area contributed by atoms with Gasteiger partial charge in [-0.2, -0.15) is 43.9 Å². The predicted molar refractivity (Wildman–Crippen MR) is 162 cm³/mol. The third kappa shape index (κ3) is 7.03. The number of nitrogens with one attached hydrogen (secondary N) is 1. The number of hydrogen-bond donors (Lipinski definition) is 1. The van der Waals surface area contributed by atoms with Crippen molar-refractivity contribution in [2.75, 3.05) is 0 Å². The summed E-state index contributed by atoms with van der Waals surface area (Å²) in [5.41, 5.74) is -0.00289. The van der Waals surface area contributed by atoms with Crippen molar-refractivity contribution >= 4 is 29.9 Å². The molecule has 3 fully saturated rings. The van der Waals surface area contributed by atoms with E-state index in [1.807, 2.05) is 0 Å². The van der Waals surface area contributed by atoms with Crippen LogP contribution in [0, 0.1) is 0 Å². The molecule has 0 atom stereocenters. The van der Waals surface area contributed by atoms with E-state index in [4.69, 9.17) is 0 Å². The van der Waals surface area contributed by atoms with E-state index in [2.05, 4.69) is 0 Å². The lowest BCUT2D eigenvalue weighted by Crippen LogP contribution is -2.64. The zero-order valence-electron chi connectivity index (χ0n) is 26.9. The van der Waals surface area contributed by atoms with Crippen LogP contribution in [0.4, 0.5) is 43.9 Å². The van der Waals surface area contributed by atoms with Crippen LogP contribution in [-0.2, 0) is 29.9 Å². The van der Waals surface area contributed by atoms with Crippen LogP contribution in [0.3, 0.4) is 0 Å². The minimum absolute atomic E-state index is 0.136. The Morgan fingerprint density at radius 3 is 1.22 bits per heavy atom. The Morgan fingerprint density at radius 1 is 0.520 bits per heavy atom. The molecule has 50 heavy (non-hydrogen) atoms. The third-order valence-electron chi connectivity index (χ3n) is 10.1. The molecule has 7 nitrogen and oxygen atoms in total. The maximum absolute atomic E-state index is 16.0. The molecular weight excluding hydrogens is 757 g/mol. The van der Waals surface area contributed by atoms with E-state index in [0.29, 0.717) is 56.9 Å². The molecule has 1 aromatic carbocycles. The van der Waals surface area contributed by atoms with E-state index in [1.165, 1.54) is 12.1 Å². The number of rotatable bonds is 12. The van der Waals surface area contributed by atoms with Gasteiger partial charge in [0.1, 0.15) is 0 Å². The van der Waals surface area contributed by atoms with E-state index in [0.717, 1.165) is 19.3 Å². The Bertz CT molecular complexity index is 1690. The van der Waals surface area contributed by atoms with Gasteiger partial charge in [0.15, 0.2) is 0 Å². The van der Waals surface area contributed by atoms with Crippen LogP contribution in [0.1, 0.15) is 138 Å². The smallest absolute Gasteiger partial charge is 0.217 e. The van der Waals surface area contributed by atoms with Gasteiger partial charge >= 0.3 is 27.6 Å². The molecule has 3 aliphatic carbocycles. The lowest BCUT2D eigenvalue weighted by molar-refractivity contribution is -0.244. The monoisotopic (exact) mass is 795 g/mol. The van der Waals surface area contributed by atoms with Crippen LogP contribution in [0.5, 0.6) is 0 Å². The summed E-state index contributed by atoms with van der Waals surface area (Å²) in [7, 11) is -22.6. The summed E-state index contributed by atoms with van der Waals surface area (Å²) < 4.78 is 222. The molecule has 20 heteroatoms. The number of hydrogen-bond acceptors (Lipinski definition) is 6. The molecule has 0 aromatic heterocycles. The normalized spacial score (nSPS) is 21.0. The van der Waals surface area contributed by atoms with Gasteiger partial charge in [-0.1, -0.05) is 74.0 Å². The molecule has 0 spiro atoms. The van der Waals surface area contributed by atoms with Gasteiger partial charge in [-0.15, -0.1) is 0 Å². The first-order valence-corrected chi connectivity index (χ1v) is 20.8. The van der Waals surface area contributed by atoms with Crippen LogP contribution >= 0.6 is 0 Å². The summed E-state index contributed by atoms with van der Waals surface area (Å²) in [6, 6.07) is 2.66.